The number of carbonyl (C=O) groups excluding carboxylic acids is 1. The average molecular weight is 473 g/mol. The summed E-state index contributed by atoms with van der Waals surface area (Å²) in [5.41, 5.74) is 1.14. The normalized spacial score (nSPS) is 46.9. The van der Waals surface area contributed by atoms with Crippen molar-refractivity contribution in [2.24, 2.45) is 45.3 Å². The van der Waals surface area contributed by atoms with E-state index in [0.29, 0.717) is 18.3 Å². The van der Waals surface area contributed by atoms with Gasteiger partial charge in [-0.3, -0.25) is 0 Å². The van der Waals surface area contributed by atoms with E-state index in [2.05, 4.69) is 34.6 Å². The minimum atomic E-state index is -0.670. The third kappa shape index (κ3) is 3.53. The lowest BCUT2D eigenvalue weighted by Gasteiger charge is -2.66. The van der Waals surface area contributed by atoms with Crippen LogP contribution in [0.2, 0.25) is 0 Å². The smallest absolute Gasteiger partial charge is 0.127 e. The molecule has 0 aromatic carbocycles. The molecule has 3 N–H and O–H groups in total. The molecule has 192 valence electrons. The van der Waals surface area contributed by atoms with Crippen LogP contribution >= 0.6 is 0 Å². The second kappa shape index (κ2) is 8.56. The van der Waals surface area contributed by atoms with Crippen molar-refractivity contribution in [2.45, 2.75) is 112 Å². The average Bonchev–Trinajstić information content (AvgIpc) is 3.01. The van der Waals surface area contributed by atoms with Crippen molar-refractivity contribution in [2.75, 3.05) is 0 Å². The first-order valence-electron chi connectivity index (χ1n) is 13.6. The van der Waals surface area contributed by atoms with Crippen molar-refractivity contribution in [3.8, 4) is 0 Å². The van der Waals surface area contributed by atoms with Crippen molar-refractivity contribution in [1.82, 2.24) is 0 Å². The van der Waals surface area contributed by atoms with Crippen LogP contribution in [0.3, 0.4) is 0 Å². The van der Waals surface area contributed by atoms with E-state index < -0.39 is 29.1 Å². The van der Waals surface area contributed by atoms with Crippen molar-refractivity contribution in [1.29, 1.82) is 0 Å². The molecule has 0 saturated heterocycles. The first kappa shape index (κ1) is 26.1. The fourth-order valence-corrected chi connectivity index (χ4v) is 9.55. The molecule has 0 bridgehead atoms. The molecule has 3 saturated carbocycles. The van der Waals surface area contributed by atoms with Crippen molar-refractivity contribution < 1.29 is 20.1 Å². The summed E-state index contributed by atoms with van der Waals surface area (Å²) in [6.45, 7) is 15.2. The highest BCUT2D eigenvalue weighted by Crippen LogP contribution is 2.74. The Bertz CT molecular complexity index is 869. The highest BCUT2D eigenvalue weighted by atomic mass is 16.3. The Kier molecular flexibility index (Phi) is 6.57. The number of rotatable bonds is 5. The lowest BCUT2D eigenvalue weighted by Crippen LogP contribution is -2.64. The third-order valence-electron chi connectivity index (χ3n) is 11.5. The summed E-state index contributed by atoms with van der Waals surface area (Å²) in [4.78, 5) is 13.1. The summed E-state index contributed by atoms with van der Waals surface area (Å²) in [6.07, 6.45) is 9.84. The van der Waals surface area contributed by atoms with Gasteiger partial charge < -0.3 is 20.1 Å². The van der Waals surface area contributed by atoms with Crippen LogP contribution in [0.15, 0.2) is 23.3 Å². The molecule has 0 spiro atoms. The van der Waals surface area contributed by atoms with Crippen LogP contribution in [0.5, 0.6) is 0 Å². The van der Waals surface area contributed by atoms with Gasteiger partial charge in [-0.05, 0) is 87.4 Å². The van der Waals surface area contributed by atoms with Gasteiger partial charge in [0, 0.05) is 16.7 Å². The van der Waals surface area contributed by atoms with Crippen LogP contribution in [0.4, 0.5) is 0 Å². The molecule has 0 amide bonds. The van der Waals surface area contributed by atoms with Gasteiger partial charge in [-0.25, -0.2) is 0 Å². The highest BCUT2D eigenvalue weighted by Gasteiger charge is 2.70. The van der Waals surface area contributed by atoms with Crippen LogP contribution < -0.4 is 0 Å². The summed E-state index contributed by atoms with van der Waals surface area (Å²) in [6, 6.07) is 0. The number of aliphatic hydroxyl groups excluding tert-OH is 3. The lowest BCUT2D eigenvalue weighted by molar-refractivity contribution is -0.183. The van der Waals surface area contributed by atoms with Gasteiger partial charge in [-0.1, -0.05) is 57.9 Å². The van der Waals surface area contributed by atoms with Gasteiger partial charge in [-0.2, -0.15) is 0 Å². The molecular formula is C30H48O4. The van der Waals surface area contributed by atoms with E-state index in [1.165, 1.54) is 6.29 Å². The maximum Gasteiger partial charge on any atom is 0.127 e. The van der Waals surface area contributed by atoms with Gasteiger partial charge in [0.05, 0.1) is 18.3 Å². The molecule has 0 aromatic heterocycles. The number of hydrogen-bond acceptors (Lipinski definition) is 4. The quantitative estimate of drug-likeness (QED) is 0.367. The Morgan fingerprint density at radius 3 is 2.35 bits per heavy atom. The molecule has 0 radical (unpaired) electrons. The number of aliphatic hydroxyl groups is 3. The van der Waals surface area contributed by atoms with Crippen molar-refractivity contribution >= 4 is 6.29 Å². The Balaban J connectivity index is 1.72. The SMILES string of the molecule is CC(C)=C[C@H](O)C[C@@H](C)[C@H]1CC[C@@]2(C)[C@@H]3[C@@H](O)C=C4[C@H](CC[C@H](O)C4(C)C)[C@]3(C=O)CC[C@]12C. The third-order valence-corrected chi connectivity index (χ3v) is 11.5. The zero-order valence-electron chi connectivity index (χ0n) is 22.5. The van der Waals surface area contributed by atoms with E-state index in [4.69, 9.17) is 0 Å². The summed E-state index contributed by atoms with van der Waals surface area (Å²) in [5.74, 6) is 0.839. The van der Waals surface area contributed by atoms with E-state index >= 15 is 0 Å². The van der Waals surface area contributed by atoms with Gasteiger partial charge in [0.25, 0.3) is 0 Å². The number of aldehydes is 1. The zero-order valence-corrected chi connectivity index (χ0v) is 22.5. The molecule has 4 nitrogen and oxygen atoms in total. The van der Waals surface area contributed by atoms with Gasteiger partial charge in [0.2, 0.25) is 0 Å². The molecule has 0 aliphatic heterocycles. The lowest BCUT2D eigenvalue weighted by atomic mass is 9.38. The minimum Gasteiger partial charge on any atom is -0.392 e. The van der Waals surface area contributed by atoms with E-state index in [0.717, 1.165) is 49.7 Å². The summed E-state index contributed by atoms with van der Waals surface area (Å²) in [7, 11) is 0. The van der Waals surface area contributed by atoms with Crippen LogP contribution in [-0.2, 0) is 4.79 Å². The molecule has 4 aliphatic rings. The minimum absolute atomic E-state index is 0.0182. The summed E-state index contributed by atoms with van der Waals surface area (Å²) < 4.78 is 0. The van der Waals surface area contributed by atoms with Crippen molar-refractivity contribution in [3.63, 3.8) is 0 Å². The van der Waals surface area contributed by atoms with Gasteiger partial charge >= 0.3 is 0 Å². The fraction of sp³-hybridized carbons (Fsp3) is 0.833. The number of fused-ring (bicyclic) bond motifs is 5. The molecule has 0 heterocycles. The molecule has 4 aliphatic carbocycles. The number of hydrogen-bond donors (Lipinski definition) is 3. The Labute approximate surface area is 206 Å². The first-order valence-corrected chi connectivity index (χ1v) is 13.6. The molecular weight excluding hydrogens is 424 g/mol. The predicted molar refractivity (Wildman–Crippen MR) is 136 cm³/mol. The monoisotopic (exact) mass is 472 g/mol. The van der Waals surface area contributed by atoms with E-state index in [1.54, 1.807) is 0 Å². The fourth-order valence-electron chi connectivity index (χ4n) is 9.55. The maximum atomic E-state index is 13.1. The second-order valence-electron chi connectivity index (χ2n) is 13.7. The van der Waals surface area contributed by atoms with Crippen LogP contribution in [0, 0.1) is 45.3 Å². The molecule has 4 rings (SSSR count). The Morgan fingerprint density at radius 2 is 1.74 bits per heavy atom. The van der Waals surface area contributed by atoms with E-state index in [9.17, 15) is 20.1 Å². The largest absolute Gasteiger partial charge is 0.392 e. The van der Waals surface area contributed by atoms with Gasteiger partial charge in [0.1, 0.15) is 6.29 Å². The number of allylic oxidation sites excluding steroid dienone is 1. The van der Waals surface area contributed by atoms with Crippen LogP contribution in [0.25, 0.3) is 0 Å². The Hall–Kier alpha value is -0.970. The molecule has 34 heavy (non-hydrogen) atoms. The van der Waals surface area contributed by atoms with E-state index in [1.807, 2.05) is 26.0 Å². The second-order valence-corrected chi connectivity index (χ2v) is 13.7. The van der Waals surface area contributed by atoms with Gasteiger partial charge in [0.15, 0.2) is 0 Å². The molecule has 4 heteroatoms. The topological polar surface area (TPSA) is 77.8 Å². The van der Waals surface area contributed by atoms with E-state index in [-0.39, 0.29) is 22.7 Å². The maximum absolute atomic E-state index is 13.1. The zero-order chi connectivity index (χ0) is 25.3. The molecule has 10 atom stereocenters. The molecule has 0 aromatic rings. The molecule has 0 unspecified atom stereocenters. The standard InChI is InChI=1S/C30H48O4/c1-18(2)14-20(32)15-19(3)21-10-11-29(7)26-24(33)16-23-22(8-9-25(34)27(23,4)5)30(26,17-31)13-12-28(21,29)6/h14,16-17,19-22,24-26,32-34H,8-13,15H2,1-7H3/t19-,20+,21-,22+,24+,25+,26+,28-,29+,30-/m1/s1. The van der Waals surface area contributed by atoms with Crippen LogP contribution in [-0.4, -0.2) is 39.9 Å². The summed E-state index contributed by atoms with van der Waals surface area (Å²) in [5, 5.41) is 33.0. The Morgan fingerprint density at radius 1 is 1.06 bits per heavy atom. The summed E-state index contributed by atoms with van der Waals surface area (Å²) >= 11 is 0. The van der Waals surface area contributed by atoms with Gasteiger partial charge in [-0.15, -0.1) is 0 Å². The predicted octanol–water partition coefficient (Wildman–Crippen LogP) is 5.46. The molecule has 3 fully saturated rings. The van der Waals surface area contributed by atoms with Crippen LogP contribution in [0.1, 0.15) is 93.4 Å². The number of carbonyl (C=O) groups is 1. The highest BCUT2D eigenvalue weighted by molar-refractivity contribution is 5.65. The van der Waals surface area contributed by atoms with Crippen molar-refractivity contribution in [3.05, 3.63) is 23.3 Å². The first-order chi connectivity index (χ1) is 15.7.